The summed E-state index contributed by atoms with van der Waals surface area (Å²) in [5, 5.41) is 0. The summed E-state index contributed by atoms with van der Waals surface area (Å²) in [5.74, 6) is -2.26. The zero-order valence-electron chi connectivity index (χ0n) is 10.0. The van der Waals surface area contributed by atoms with Gasteiger partial charge in [0, 0.05) is 0 Å². The summed E-state index contributed by atoms with van der Waals surface area (Å²) in [6.07, 6.45) is 2.42. The first-order valence-electron chi connectivity index (χ1n) is 5.08. The van der Waals surface area contributed by atoms with Gasteiger partial charge in [-0.25, -0.2) is 9.59 Å². The average Bonchev–Trinajstić information content (AvgIpc) is 2.43. The molecule has 5 nitrogen and oxygen atoms in total. The Morgan fingerprint density at radius 3 is 2.33 bits per heavy atom. The van der Waals surface area contributed by atoms with Crippen molar-refractivity contribution in [2.45, 2.75) is 0 Å². The Hall–Kier alpha value is -2.43. The van der Waals surface area contributed by atoms with Gasteiger partial charge in [0.2, 0.25) is 0 Å². The van der Waals surface area contributed by atoms with Crippen LogP contribution in [0.2, 0.25) is 0 Å². The van der Waals surface area contributed by atoms with Crippen LogP contribution in [0.25, 0.3) is 6.08 Å². The molecule has 5 heteroatoms. The molecule has 1 aromatic carbocycles. The van der Waals surface area contributed by atoms with Crippen LogP contribution in [0.4, 0.5) is 0 Å². The fourth-order valence-corrected chi connectivity index (χ4v) is 1.27. The van der Waals surface area contributed by atoms with Gasteiger partial charge >= 0.3 is 11.9 Å². The highest BCUT2D eigenvalue weighted by Crippen LogP contribution is 2.12. The van der Waals surface area contributed by atoms with Crippen LogP contribution in [0.3, 0.4) is 0 Å². The van der Waals surface area contributed by atoms with Crippen molar-refractivity contribution in [3.63, 3.8) is 0 Å². The molecule has 0 aliphatic heterocycles. The maximum absolute atomic E-state index is 11.4. The van der Waals surface area contributed by atoms with Crippen molar-refractivity contribution in [3.05, 3.63) is 41.5 Å². The predicted octanol–water partition coefficient (Wildman–Crippen LogP) is 1.23. The fraction of sp³-hybridized carbons (Fsp3) is 0.154. The SMILES string of the molecule is COC(=O)C(=O)/C=C/c1ccccc1C(=O)OC. The number of benzene rings is 1. The summed E-state index contributed by atoms with van der Waals surface area (Å²) in [6, 6.07) is 6.57. The van der Waals surface area contributed by atoms with Gasteiger partial charge in [0.15, 0.2) is 0 Å². The molecule has 0 bridgehead atoms. The lowest BCUT2D eigenvalue weighted by molar-refractivity contribution is -0.149. The number of ketones is 1. The molecule has 0 fully saturated rings. The Balaban J connectivity index is 2.98. The second kappa shape index (κ2) is 6.34. The summed E-state index contributed by atoms with van der Waals surface area (Å²) in [7, 11) is 2.39. The Labute approximate surface area is 104 Å². The van der Waals surface area contributed by atoms with Crippen molar-refractivity contribution >= 4 is 23.8 Å². The van der Waals surface area contributed by atoms with Gasteiger partial charge in [-0.3, -0.25) is 4.79 Å². The number of esters is 2. The minimum Gasteiger partial charge on any atom is -0.465 e. The fourth-order valence-electron chi connectivity index (χ4n) is 1.27. The number of ether oxygens (including phenoxy) is 2. The lowest BCUT2D eigenvalue weighted by Gasteiger charge is -2.02. The van der Waals surface area contributed by atoms with Gasteiger partial charge in [0.05, 0.1) is 19.8 Å². The van der Waals surface area contributed by atoms with Crippen LogP contribution in [0.1, 0.15) is 15.9 Å². The minimum absolute atomic E-state index is 0.314. The van der Waals surface area contributed by atoms with E-state index in [0.29, 0.717) is 11.1 Å². The molecular weight excluding hydrogens is 236 g/mol. The molecule has 1 aromatic rings. The van der Waals surface area contributed by atoms with Crippen molar-refractivity contribution in [1.82, 2.24) is 0 Å². The first-order valence-corrected chi connectivity index (χ1v) is 5.08. The number of hydrogen-bond donors (Lipinski definition) is 0. The number of carbonyl (C=O) groups excluding carboxylic acids is 3. The Kier molecular flexibility index (Phi) is 4.80. The van der Waals surface area contributed by atoms with E-state index in [9.17, 15) is 14.4 Å². The average molecular weight is 248 g/mol. The van der Waals surface area contributed by atoms with Crippen LogP contribution in [-0.4, -0.2) is 31.9 Å². The molecule has 1 rings (SSSR count). The normalized spacial score (nSPS) is 10.1. The van der Waals surface area contributed by atoms with E-state index in [2.05, 4.69) is 9.47 Å². The topological polar surface area (TPSA) is 69.7 Å². The lowest BCUT2D eigenvalue weighted by Crippen LogP contribution is -2.12. The van der Waals surface area contributed by atoms with Gasteiger partial charge in [-0.15, -0.1) is 0 Å². The third-order valence-electron chi connectivity index (χ3n) is 2.17. The van der Waals surface area contributed by atoms with Crippen molar-refractivity contribution in [2.75, 3.05) is 14.2 Å². The summed E-state index contributed by atoms with van der Waals surface area (Å²) in [5.41, 5.74) is 0.801. The molecule has 0 aliphatic rings. The van der Waals surface area contributed by atoms with E-state index in [0.717, 1.165) is 13.2 Å². The third kappa shape index (κ3) is 3.28. The van der Waals surface area contributed by atoms with Crippen LogP contribution in [-0.2, 0) is 19.1 Å². The maximum Gasteiger partial charge on any atom is 0.378 e. The number of methoxy groups -OCH3 is 2. The Bertz CT molecular complexity index is 502. The minimum atomic E-state index is -0.957. The Morgan fingerprint density at radius 1 is 1.06 bits per heavy atom. The van der Waals surface area contributed by atoms with Gasteiger partial charge in [0.1, 0.15) is 0 Å². The zero-order chi connectivity index (χ0) is 13.5. The molecule has 0 heterocycles. The molecule has 0 unspecified atom stereocenters. The summed E-state index contributed by atoms with van der Waals surface area (Å²) >= 11 is 0. The number of hydrogen-bond acceptors (Lipinski definition) is 5. The van der Waals surface area contributed by atoms with Crippen LogP contribution in [0.15, 0.2) is 30.3 Å². The van der Waals surface area contributed by atoms with Crippen molar-refractivity contribution in [2.24, 2.45) is 0 Å². The highest BCUT2D eigenvalue weighted by Gasteiger charge is 2.11. The first-order chi connectivity index (χ1) is 8.60. The van der Waals surface area contributed by atoms with E-state index in [1.165, 1.54) is 13.2 Å². The highest BCUT2D eigenvalue weighted by atomic mass is 16.5. The smallest absolute Gasteiger partial charge is 0.378 e. The molecule has 0 saturated carbocycles. The van der Waals surface area contributed by atoms with Gasteiger partial charge < -0.3 is 9.47 Å². The van der Waals surface area contributed by atoms with Gasteiger partial charge in [-0.1, -0.05) is 18.2 Å². The van der Waals surface area contributed by atoms with E-state index in [-0.39, 0.29) is 0 Å². The molecule has 0 aliphatic carbocycles. The number of rotatable bonds is 4. The molecular formula is C13H12O5. The largest absolute Gasteiger partial charge is 0.465 e. The van der Waals surface area contributed by atoms with Crippen molar-refractivity contribution < 1.29 is 23.9 Å². The maximum atomic E-state index is 11.4. The summed E-state index contributed by atoms with van der Waals surface area (Å²) in [4.78, 5) is 33.6. The molecule has 0 radical (unpaired) electrons. The van der Waals surface area contributed by atoms with Crippen LogP contribution >= 0.6 is 0 Å². The first kappa shape index (κ1) is 13.6. The summed E-state index contributed by atoms with van der Waals surface area (Å²) in [6.45, 7) is 0. The standard InChI is InChI=1S/C13H12O5/c1-17-12(15)10-6-4-3-5-9(10)7-8-11(14)13(16)18-2/h3-8H,1-2H3/b8-7+. The molecule has 0 aromatic heterocycles. The Morgan fingerprint density at radius 2 is 1.72 bits per heavy atom. The zero-order valence-corrected chi connectivity index (χ0v) is 10.0. The van der Waals surface area contributed by atoms with E-state index >= 15 is 0 Å². The molecule has 0 spiro atoms. The van der Waals surface area contributed by atoms with E-state index in [1.54, 1.807) is 24.3 Å². The van der Waals surface area contributed by atoms with Crippen molar-refractivity contribution in [3.8, 4) is 0 Å². The molecule has 0 amide bonds. The van der Waals surface area contributed by atoms with Crippen LogP contribution in [0, 0.1) is 0 Å². The summed E-state index contributed by atoms with van der Waals surface area (Å²) < 4.78 is 8.87. The van der Waals surface area contributed by atoms with Gasteiger partial charge in [0.25, 0.3) is 5.78 Å². The van der Waals surface area contributed by atoms with Gasteiger partial charge in [-0.2, -0.15) is 0 Å². The quantitative estimate of drug-likeness (QED) is 0.455. The molecule has 0 atom stereocenters. The van der Waals surface area contributed by atoms with Gasteiger partial charge in [-0.05, 0) is 23.8 Å². The second-order valence-electron chi connectivity index (χ2n) is 3.27. The third-order valence-corrected chi connectivity index (χ3v) is 2.17. The highest BCUT2D eigenvalue weighted by molar-refractivity contribution is 6.39. The second-order valence-corrected chi connectivity index (χ2v) is 3.27. The monoisotopic (exact) mass is 248 g/mol. The molecule has 94 valence electrons. The van der Waals surface area contributed by atoms with E-state index < -0.39 is 17.7 Å². The lowest BCUT2D eigenvalue weighted by atomic mass is 10.1. The molecule has 0 saturated heterocycles. The molecule has 18 heavy (non-hydrogen) atoms. The predicted molar refractivity (Wildman–Crippen MR) is 63.8 cm³/mol. The van der Waals surface area contributed by atoms with E-state index in [4.69, 9.17) is 0 Å². The van der Waals surface area contributed by atoms with Crippen LogP contribution < -0.4 is 0 Å². The molecule has 0 N–H and O–H groups in total. The van der Waals surface area contributed by atoms with Crippen molar-refractivity contribution in [1.29, 1.82) is 0 Å². The van der Waals surface area contributed by atoms with Crippen LogP contribution in [0.5, 0.6) is 0 Å². The number of carbonyl (C=O) groups is 3. The van der Waals surface area contributed by atoms with E-state index in [1.807, 2.05) is 0 Å².